The summed E-state index contributed by atoms with van der Waals surface area (Å²) in [5.41, 5.74) is 3.56. The lowest BCUT2D eigenvalue weighted by molar-refractivity contribution is -0.203. The van der Waals surface area contributed by atoms with E-state index in [1.807, 2.05) is 18.2 Å². The van der Waals surface area contributed by atoms with Crippen molar-refractivity contribution in [3.05, 3.63) is 47.7 Å². The lowest BCUT2D eigenvalue weighted by Crippen LogP contribution is -2.64. The molecule has 1 amide bonds. The van der Waals surface area contributed by atoms with Gasteiger partial charge in [0.1, 0.15) is 11.4 Å². The molecular formula is C40H56N2O4. The molecule has 4 saturated carbocycles. The first-order valence-corrected chi connectivity index (χ1v) is 18.0. The van der Waals surface area contributed by atoms with Gasteiger partial charge in [0, 0.05) is 17.0 Å². The number of phenols is 1. The largest absolute Gasteiger partial charge is 0.508 e. The Hall–Kier alpha value is -2.60. The highest BCUT2D eigenvalue weighted by molar-refractivity contribution is 5.82. The fraction of sp³-hybridized carbons (Fsp3) is 0.700. The normalized spacial score (nSPS) is 42.9. The van der Waals surface area contributed by atoms with Crippen LogP contribution in [0.15, 0.2) is 46.5 Å². The van der Waals surface area contributed by atoms with E-state index in [4.69, 9.17) is 4.52 Å². The van der Waals surface area contributed by atoms with Crippen molar-refractivity contribution in [2.45, 2.75) is 125 Å². The summed E-state index contributed by atoms with van der Waals surface area (Å²) >= 11 is 0. The van der Waals surface area contributed by atoms with E-state index in [1.165, 1.54) is 25.7 Å². The van der Waals surface area contributed by atoms with Crippen LogP contribution >= 0.6 is 0 Å². The van der Waals surface area contributed by atoms with Crippen molar-refractivity contribution >= 4 is 5.91 Å². The Kier molecular flexibility index (Phi) is 7.26. The Balaban J connectivity index is 1.11. The molecule has 0 spiro atoms. The summed E-state index contributed by atoms with van der Waals surface area (Å²) < 4.78 is 5.58. The second kappa shape index (κ2) is 10.4. The number of allylic oxidation sites excluding steroid dienone is 2. The molecule has 0 bridgehead atoms. The van der Waals surface area contributed by atoms with Crippen LogP contribution in [0.2, 0.25) is 0 Å². The Morgan fingerprint density at radius 3 is 2.39 bits per heavy atom. The van der Waals surface area contributed by atoms with E-state index in [1.54, 1.807) is 17.7 Å². The van der Waals surface area contributed by atoms with Gasteiger partial charge in [-0.15, -0.1) is 0 Å². The molecule has 9 atom stereocenters. The molecule has 6 heteroatoms. The van der Waals surface area contributed by atoms with Crippen LogP contribution in [0.4, 0.5) is 0 Å². The fourth-order valence-corrected chi connectivity index (χ4v) is 12.1. The van der Waals surface area contributed by atoms with Gasteiger partial charge in [-0.05, 0) is 133 Å². The number of fused-ring (bicyclic) bond motifs is 7. The Morgan fingerprint density at radius 1 is 0.935 bits per heavy atom. The lowest BCUT2D eigenvalue weighted by atomic mass is 9.33. The molecule has 6 nitrogen and oxygen atoms in total. The van der Waals surface area contributed by atoms with Crippen molar-refractivity contribution in [3.63, 3.8) is 0 Å². The van der Waals surface area contributed by atoms with Crippen molar-refractivity contribution in [3.8, 4) is 17.0 Å². The van der Waals surface area contributed by atoms with Crippen LogP contribution in [-0.4, -0.2) is 27.4 Å². The molecule has 1 heterocycles. The van der Waals surface area contributed by atoms with Crippen LogP contribution in [0.3, 0.4) is 0 Å². The molecule has 0 radical (unpaired) electrons. The predicted octanol–water partition coefficient (Wildman–Crippen LogP) is 8.83. The van der Waals surface area contributed by atoms with Crippen LogP contribution in [0, 0.1) is 50.2 Å². The van der Waals surface area contributed by atoms with E-state index < -0.39 is 5.41 Å². The van der Waals surface area contributed by atoms with E-state index in [2.05, 4.69) is 65.0 Å². The van der Waals surface area contributed by atoms with Gasteiger partial charge in [0.05, 0.1) is 12.6 Å². The van der Waals surface area contributed by atoms with E-state index in [0.717, 1.165) is 44.1 Å². The van der Waals surface area contributed by atoms with E-state index in [0.29, 0.717) is 35.8 Å². The van der Waals surface area contributed by atoms with Gasteiger partial charge in [0.25, 0.3) is 0 Å². The Bertz CT molecular complexity index is 1540. The van der Waals surface area contributed by atoms with Crippen molar-refractivity contribution in [1.29, 1.82) is 0 Å². The molecule has 4 fully saturated rings. The molecular weight excluding hydrogens is 572 g/mol. The summed E-state index contributed by atoms with van der Waals surface area (Å²) in [6, 6.07) is 8.75. The highest BCUT2D eigenvalue weighted by Gasteiger charge is 2.68. The molecule has 0 saturated heterocycles. The SMILES string of the molecule is CC1(C)C2CC[C@]3(C)[C@H](CC=C4[C@H]5C[C@@](C)(C(=O)NCc6cc(-c7ccc(O)cc7)no6)CC[C@]5(C)CC[C@]43C)[C@@]2(C)CC[C@@H]1O. The quantitative estimate of drug-likeness (QED) is 0.294. The average molecular weight is 629 g/mol. The maximum absolute atomic E-state index is 14.0. The van der Waals surface area contributed by atoms with Crippen molar-refractivity contribution in [2.24, 2.45) is 50.2 Å². The molecule has 5 aliphatic carbocycles. The van der Waals surface area contributed by atoms with Gasteiger partial charge in [-0.3, -0.25) is 4.79 Å². The number of phenolic OH excluding ortho intramolecular Hbond substituents is 1. The molecule has 7 rings (SSSR count). The molecule has 250 valence electrons. The van der Waals surface area contributed by atoms with Crippen LogP contribution in [0.25, 0.3) is 11.3 Å². The Morgan fingerprint density at radius 2 is 1.65 bits per heavy atom. The minimum atomic E-state index is -0.437. The summed E-state index contributed by atoms with van der Waals surface area (Å²) in [5.74, 6) is 2.54. The van der Waals surface area contributed by atoms with Gasteiger partial charge < -0.3 is 20.1 Å². The smallest absolute Gasteiger partial charge is 0.226 e. The third kappa shape index (κ3) is 4.51. The van der Waals surface area contributed by atoms with Crippen LogP contribution < -0.4 is 5.32 Å². The zero-order chi connectivity index (χ0) is 32.9. The van der Waals surface area contributed by atoms with Gasteiger partial charge in [-0.2, -0.15) is 0 Å². The number of benzene rings is 1. The Labute approximate surface area is 275 Å². The number of hydrogen-bond donors (Lipinski definition) is 3. The standard InChI is InChI=1S/C40H56N2O4/c1-35(2)31-14-17-40(7)32(38(31,5)16-15-33(35)44)13-12-28-29-23-37(4,19-18-36(29,3)20-21-39(28,40)6)34(45)41-24-27-22-30(42-46-27)25-8-10-26(43)11-9-25/h8-12,22,29,31-33,43-44H,13-21,23-24H2,1-7H3,(H,41,45)/t29-,31?,32-,33+,36-,37+,38+,39-,40-/m1/s1. The topological polar surface area (TPSA) is 95.6 Å². The zero-order valence-electron chi connectivity index (χ0n) is 29.2. The first-order chi connectivity index (χ1) is 21.6. The van der Waals surface area contributed by atoms with Gasteiger partial charge in [-0.1, -0.05) is 65.3 Å². The average Bonchev–Trinajstić information content (AvgIpc) is 3.49. The highest BCUT2D eigenvalue weighted by atomic mass is 16.5. The summed E-state index contributed by atoms with van der Waals surface area (Å²) in [6.45, 7) is 17.5. The first-order valence-electron chi connectivity index (χ1n) is 18.0. The van der Waals surface area contributed by atoms with Crippen LogP contribution in [0.5, 0.6) is 5.75 Å². The number of nitrogens with zero attached hydrogens (tertiary/aromatic N) is 1. The number of amides is 1. The van der Waals surface area contributed by atoms with E-state index in [-0.39, 0.29) is 44.8 Å². The molecule has 3 N–H and O–H groups in total. The molecule has 1 aromatic carbocycles. The van der Waals surface area contributed by atoms with Gasteiger partial charge in [0.15, 0.2) is 5.76 Å². The number of carbonyl (C=O) groups excluding carboxylic acids is 1. The third-order valence-corrected chi connectivity index (χ3v) is 15.5. The molecule has 1 unspecified atom stereocenters. The monoisotopic (exact) mass is 628 g/mol. The maximum atomic E-state index is 14.0. The van der Waals surface area contributed by atoms with Crippen molar-refractivity contribution in [1.82, 2.24) is 10.5 Å². The number of rotatable bonds is 4. The summed E-state index contributed by atoms with van der Waals surface area (Å²) in [7, 11) is 0. The van der Waals surface area contributed by atoms with Crippen LogP contribution in [0.1, 0.15) is 118 Å². The van der Waals surface area contributed by atoms with Crippen molar-refractivity contribution < 1.29 is 19.5 Å². The second-order valence-corrected chi connectivity index (χ2v) is 18.0. The van der Waals surface area contributed by atoms with Crippen molar-refractivity contribution in [2.75, 3.05) is 0 Å². The van der Waals surface area contributed by atoms with E-state index in [9.17, 15) is 15.0 Å². The number of hydrogen-bond acceptors (Lipinski definition) is 5. The molecule has 46 heavy (non-hydrogen) atoms. The minimum Gasteiger partial charge on any atom is -0.508 e. The van der Waals surface area contributed by atoms with Gasteiger partial charge in [0.2, 0.25) is 5.91 Å². The number of aromatic nitrogens is 1. The number of aliphatic hydroxyl groups is 1. The number of carbonyl (C=O) groups is 1. The zero-order valence-corrected chi connectivity index (χ0v) is 29.2. The first kappa shape index (κ1) is 32.0. The summed E-state index contributed by atoms with van der Waals surface area (Å²) in [4.78, 5) is 14.0. The minimum absolute atomic E-state index is 0.0400. The fourth-order valence-electron chi connectivity index (χ4n) is 12.1. The molecule has 5 aliphatic rings. The second-order valence-electron chi connectivity index (χ2n) is 18.0. The maximum Gasteiger partial charge on any atom is 0.226 e. The highest BCUT2D eigenvalue weighted by Crippen LogP contribution is 2.75. The molecule has 1 aromatic heterocycles. The lowest BCUT2D eigenvalue weighted by Gasteiger charge is -2.71. The van der Waals surface area contributed by atoms with Crippen LogP contribution in [-0.2, 0) is 11.3 Å². The van der Waals surface area contributed by atoms with Gasteiger partial charge >= 0.3 is 0 Å². The molecule has 2 aromatic rings. The van der Waals surface area contributed by atoms with Gasteiger partial charge in [-0.25, -0.2) is 0 Å². The van der Waals surface area contributed by atoms with E-state index >= 15 is 0 Å². The number of aliphatic hydroxyl groups excluding tert-OH is 1. The number of aromatic hydroxyl groups is 1. The number of nitrogens with one attached hydrogen (secondary N) is 1. The predicted molar refractivity (Wildman–Crippen MR) is 180 cm³/mol. The summed E-state index contributed by atoms with van der Waals surface area (Å²) in [5, 5.41) is 28.1. The third-order valence-electron chi connectivity index (χ3n) is 15.5. The summed E-state index contributed by atoms with van der Waals surface area (Å²) in [6.07, 6.45) is 13.4. The molecule has 0 aliphatic heterocycles.